The number of likely N-dealkylation sites (N-methyl/N-ethyl adjacent to an activating group) is 1. The summed E-state index contributed by atoms with van der Waals surface area (Å²) in [6.07, 6.45) is 7.52. The molecule has 4 heteroatoms. The fraction of sp³-hybridized carbons (Fsp3) is 0.250. The van der Waals surface area contributed by atoms with Crippen molar-refractivity contribution in [3.05, 3.63) is 60.1 Å². The van der Waals surface area contributed by atoms with Gasteiger partial charge < -0.3 is 9.64 Å². The molecule has 0 aromatic heterocycles. The third-order valence-electron chi connectivity index (χ3n) is 2.93. The summed E-state index contributed by atoms with van der Waals surface area (Å²) in [5, 5.41) is 0. The molecule has 1 heterocycles. The number of rotatable bonds is 4. The fourth-order valence-corrected chi connectivity index (χ4v) is 1.83. The predicted octanol–water partition coefficient (Wildman–Crippen LogP) is 3.77. The minimum absolute atomic E-state index is 0. The first kappa shape index (κ1) is 17.1. The third kappa shape index (κ3) is 3.80. The van der Waals surface area contributed by atoms with Crippen molar-refractivity contribution in [2.24, 2.45) is 0 Å². The first-order valence-corrected chi connectivity index (χ1v) is 6.29. The van der Waals surface area contributed by atoms with E-state index in [4.69, 9.17) is 4.74 Å². The van der Waals surface area contributed by atoms with Crippen LogP contribution in [-0.2, 0) is 32.7 Å². The van der Waals surface area contributed by atoms with E-state index < -0.39 is 0 Å². The number of hydrogen-bond donors (Lipinski definition) is 0. The van der Waals surface area contributed by atoms with Gasteiger partial charge in [-0.05, 0) is 18.2 Å². The van der Waals surface area contributed by atoms with E-state index in [0.29, 0.717) is 23.6 Å². The summed E-state index contributed by atoms with van der Waals surface area (Å²) in [5.74, 6) is 0.239. The quantitative estimate of drug-likeness (QED) is 0.769. The monoisotopic (exact) mass is 347 g/mol. The molecule has 0 bridgehead atoms. The number of halogens is 1. The molecule has 0 fully saturated rings. The SMILES string of the molecule is C=C1C=C[C-]=C(c2ccc(OCCC)cc2F)N1C.[Y]. The van der Waals surface area contributed by atoms with Gasteiger partial charge in [0.15, 0.2) is 0 Å². The number of nitrogens with zero attached hydrogens (tertiary/aromatic N) is 1. The Bertz CT molecular complexity index is 551. The summed E-state index contributed by atoms with van der Waals surface area (Å²) < 4.78 is 19.6. The average molecular weight is 347 g/mol. The van der Waals surface area contributed by atoms with Gasteiger partial charge in [0.05, 0.1) is 12.4 Å². The molecule has 0 spiro atoms. The molecule has 20 heavy (non-hydrogen) atoms. The van der Waals surface area contributed by atoms with Crippen LogP contribution in [0.4, 0.5) is 4.39 Å². The Morgan fingerprint density at radius 2 is 2.15 bits per heavy atom. The van der Waals surface area contributed by atoms with Gasteiger partial charge in [0.1, 0.15) is 5.75 Å². The van der Waals surface area contributed by atoms with Crippen LogP contribution in [0.2, 0.25) is 0 Å². The van der Waals surface area contributed by atoms with Gasteiger partial charge in [0.25, 0.3) is 0 Å². The van der Waals surface area contributed by atoms with Crippen LogP contribution in [-0.4, -0.2) is 18.6 Å². The van der Waals surface area contributed by atoms with Gasteiger partial charge in [-0.15, -0.1) is 12.1 Å². The number of allylic oxidation sites excluding steroid dienone is 3. The van der Waals surface area contributed by atoms with Gasteiger partial charge in [-0.3, -0.25) is 0 Å². The maximum absolute atomic E-state index is 14.1. The summed E-state index contributed by atoms with van der Waals surface area (Å²) >= 11 is 0. The summed E-state index contributed by atoms with van der Waals surface area (Å²) in [6.45, 7) is 6.49. The Morgan fingerprint density at radius 1 is 1.40 bits per heavy atom. The van der Waals surface area contributed by atoms with E-state index in [1.54, 1.807) is 18.2 Å². The molecule has 0 aliphatic carbocycles. The third-order valence-corrected chi connectivity index (χ3v) is 2.93. The molecule has 1 aromatic rings. The van der Waals surface area contributed by atoms with E-state index >= 15 is 0 Å². The van der Waals surface area contributed by atoms with Gasteiger partial charge in [0, 0.05) is 45.8 Å². The van der Waals surface area contributed by atoms with Crippen LogP contribution in [0.25, 0.3) is 5.70 Å². The Hall–Kier alpha value is -0.926. The molecule has 0 saturated heterocycles. The molecular weight excluding hydrogens is 330 g/mol. The minimum Gasteiger partial charge on any atom is -0.494 e. The number of hydrogen-bond acceptors (Lipinski definition) is 2. The van der Waals surface area contributed by atoms with Crippen molar-refractivity contribution in [1.82, 2.24) is 4.90 Å². The van der Waals surface area contributed by atoms with E-state index in [1.807, 2.05) is 24.9 Å². The standard InChI is InChI=1S/C16H17FNO.Y/c1-4-10-19-13-8-9-14(15(17)11-13)16-7-5-6-12(2)18(16)3;/h5-6,8-9,11H,2,4,10H2,1,3H3;/q-1;. The molecule has 0 amide bonds. The van der Waals surface area contributed by atoms with Gasteiger partial charge in [-0.25, -0.2) is 4.39 Å². The maximum Gasteiger partial charge on any atom is 0.120 e. The van der Waals surface area contributed by atoms with Crippen molar-refractivity contribution in [2.45, 2.75) is 13.3 Å². The van der Waals surface area contributed by atoms with E-state index in [2.05, 4.69) is 12.7 Å². The Morgan fingerprint density at radius 3 is 2.80 bits per heavy atom. The van der Waals surface area contributed by atoms with Crippen LogP contribution in [0.1, 0.15) is 18.9 Å². The first-order chi connectivity index (χ1) is 9.13. The van der Waals surface area contributed by atoms with Gasteiger partial charge in [-0.1, -0.05) is 24.8 Å². The van der Waals surface area contributed by atoms with Crippen molar-refractivity contribution in [2.75, 3.05) is 13.7 Å². The van der Waals surface area contributed by atoms with Crippen molar-refractivity contribution < 1.29 is 41.8 Å². The van der Waals surface area contributed by atoms with E-state index in [-0.39, 0.29) is 38.5 Å². The minimum atomic E-state index is -0.314. The topological polar surface area (TPSA) is 12.5 Å². The molecule has 0 N–H and O–H groups in total. The van der Waals surface area contributed by atoms with E-state index in [9.17, 15) is 4.39 Å². The van der Waals surface area contributed by atoms with Crippen LogP contribution in [0, 0.1) is 11.9 Å². The molecule has 2 rings (SSSR count). The molecular formula is C16H17FNOY-. The smallest absolute Gasteiger partial charge is 0.120 e. The number of benzene rings is 1. The molecule has 1 aliphatic rings. The van der Waals surface area contributed by atoms with Crippen molar-refractivity contribution in [3.63, 3.8) is 0 Å². The second kappa shape index (κ2) is 7.75. The van der Waals surface area contributed by atoms with Gasteiger partial charge in [-0.2, -0.15) is 12.2 Å². The molecule has 1 radical (unpaired) electrons. The van der Waals surface area contributed by atoms with Crippen LogP contribution in [0.3, 0.4) is 0 Å². The van der Waals surface area contributed by atoms with E-state index in [0.717, 1.165) is 12.1 Å². The molecule has 2 nitrogen and oxygen atoms in total. The zero-order valence-electron chi connectivity index (χ0n) is 11.8. The first-order valence-electron chi connectivity index (χ1n) is 6.29. The van der Waals surface area contributed by atoms with Crippen molar-refractivity contribution in [1.29, 1.82) is 0 Å². The Labute approximate surface area is 144 Å². The van der Waals surface area contributed by atoms with Gasteiger partial charge >= 0.3 is 0 Å². The summed E-state index contributed by atoms with van der Waals surface area (Å²) in [6, 6.07) is 4.90. The summed E-state index contributed by atoms with van der Waals surface area (Å²) in [7, 11) is 1.84. The van der Waals surface area contributed by atoms with E-state index in [1.165, 1.54) is 6.07 Å². The maximum atomic E-state index is 14.1. The normalized spacial score (nSPS) is 13.8. The van der Waals surface area contributed by atoms with Crippen LogP contribution in [0.5, 0.6) is 5.75 Å². The summed E-state index contributed by atoms with van der Waals surface area (Å²) in [4.78, 5) is 1.81. The zero-order valence-corrected chi connectivity index (χ0v) is 14.7. The average Bonchev–Trinajstić information content (AvgIpc) is 2.40. The fourth-order valence-electron chi connectivity index (χ4n) is 1.83. The Balaban J connectivity index is 0.00000200. The van der Waals surface area contributed by atoms with Crippen LogP contribution in [0.15, 0.2) is 42.6 Å². The second-order valence-electron chi connectivity index (χ2n) is 4.37. The molecule has 0 unspecified atom stereocenters. The molecule has 103 valence electrons. The Kier molecular flexibility index (Phi) is 6.64. The van der Waals surface area contributed by atoms with Crippen molar-refractivity contribution >= 4 is 5.70 Å². The second-order valence-corrected chi connectivity index (χ2v) is 4.37. The zero-order chi connectivity index (χ0) is 13.8. The number of ether oxygens (including phenoxy) is 1. The molecule has 1 aromatic carbocycles. The largest absolute Gasteiger partial charge is 0.494 e. The predicted molar refractivity (Wildman–Crippen MR) is 74.9 cm³/mol. The van der Waals surface area contributed by atoms with Crippen LogP contribution < -0.4 is 4.74 Å². The van der Waals surface area contributed by atoms with Gasteiger partial charge in [0.2, 0.25) is 0 Å². The molecule has 1 aliphatic heterocycles. The van der Waals surface area contributed by atoms with Crippen molar-refractivity contribution in [3.8, 4) is 5.75 Å². The molecule has 0 atom stereocenters. The van der Waals surface area contributed by atoms with Crippen LogP contribution >= 0.6 is 0 Å². The summed E-state index contributed by atoms with van der Waals surface area (Å²) in [5.41, 5.74) is 1.98. The molecule has 0 saturated carbocycles.